The molecule has 0 bridgehead atoms. The van der Waals surface area contributed by atoms with Gasteiger partial charge in [-0.3, -0.25) is 0 Å². The van der Waals surface area contributed by atoms with E-state index in [1.807, 2.05) is 30.9 Å². The number of nitrogens with one attached hydrogen (secondary N) is 1. The van der Waals surface area contributed by atoms with Gasteiger partial charge in [0.2, 0.25) is 10.0 Å². The number of rotatable bonds is 3. The number of halogens is 1. The average Bonchev–Trinajstić information content (AvgIpc) is 2.63. The summed E-state index contributed by atoms with van der Waals surface area (Å²) in [6, 6.07) is 11.7. The van der Waals surface area contributed by atoms with Gasteiger partial charge in [0, 0.05) is 26.2 Å². The summed E-state index contributed by atoms with van der Waals surface area (Å²) < 4.78 is 41.1. The number of hydrogen-bond donors (Lipinski definition) is 1. The Balaban J connectivity index is 1.66. The Hall–Kier alpha value is -2.03. The lowest BCUT2D eigenvalue weighted by Crippen LogP contribution is -2.51. The van der Waals surface area contributed by atoms with Gasteiger partial charge in [0.1, 0.15) is 5.82 Å². The van der Waals surface area contributed by atoms with E-state index < -0.39 is 10.0 Å². The van der Waals surface area contributed by atoms with Crippen molar-refractivity contribution >= 4 is 33.0 Å². The Labute approximate surface area is 164 Å². The van der Waals surface area contributed by atoms with Crippen molar-refractivity contribution in [1.82, 2.24) is 9.21 Å². The quantitative estimate of drug-likeness (QED) is 0.793. The van der Waals surface area contributed by atoms with Crippen molar-refractivity contribution in [1.29, 1.82) is 0 Å². The van der Waals surface area contributed by atoms with Crippen molar-refractivity contribution in [2.45, 2.75) is 18.7 Å². The maximum absolute atomic E-state index is 13.8. The second-order valence-electron chi connectivity index (χ2n) is 6.57. The van der Waals surface area contributed by atoms with Crippen LogP contribution in [-0.2, 0) is 10.0 Å². The SMILES string of the molecule is Cc1ccc(S(=O)(=O)N2CCN(C(=S)Nc3ccccc3F)CC2)c(C)c1. The third kappa shape index (κ3) is 4.28. The number of anilines is 1. The van der Waals surface area contributed by atoms with E-state index in [9.17, 15) is 12.8 Å². The lowest BCUT2D eigenvalue weighted by molar-refractivity contribution is 0.268. The summed E-state index contributed by atoms with van der Waals surface area (Å²) in [4.78, 5) is 2.20. The van der Waals surface area contributed by atoms with E-state index >= 15 is 0 Å². The van der Waals surface area contributed by atoms with Crippen LogP contribution in [0.2, 0.25) is 0 Å². The second kappa shape index (κ2) is 7.92. The van der Waals surface area contributed by atoms with Gasteiger partial charge < -0.3 is 10.2 Å². The van der Waals surface area contributed by atoms with Gasteiger partial charge in [-0.15, -0.1) is 0 Å². The maximum Gasteiger partial charge on any atom is 0.243 e. The molecule has 0 radical (unpaired) electrons. The summed E-state index contributed by atoms with van der Waals surface area (Å²) in [7, 11) is -3.54. The van der Waals surface area contributed by atoms with Gasteiger partial charge in [-0.25, -0.2) is 12.8 Å². The first-order valence-corrected chi connectivity index (χ1v) is 10.5. The van der Waals surface area contributed by atoms with Crippen LogP contribution < -0.4 is 5.32 Å². The maximum atomic E-state index is 13.8. The number of hydrogen-bond acceptors (Lipinski definition) is 3. The highest BCUT2D eigenvalue weighted by atomic mass is 32.2. The fourth-order valence-electron chi connectivity index (χ4n) is 3.12. The smallest absolute Gasteiger partial charge is 0.243 e. The topological polar surface area (TPSA) is 52.7 Å². The minimum Gasteiger partial charge on any atom is -0.346 e. The lowest BCUT2D eigenvalue weighted by atomic mass is 10.2. The standard InChI is InChI=1S/C19H22FN3O2S2/c1-14-7-8-18(15(2)13-14)27(24,25)23-11-9-22(10-12-23)19(26)21-17-6-4-3-5-16(17)20/h3-8,13H,9-12H2,1-2H3,(H,21,26). The molecule has 5 nitrogen and oxygen atoms in total. The molecular weight excluding hydrogens is 385 g/mol. The third-order valence-corrected chi connectivity index (χ3v) is 7.01. The molecular formula is C19H22FN3O2S2. The number of piperazine rings is 1. The molecule has 0 unspecified atom stereocenters. The molecule has 1 fully saturated rings. The van der Waals surface area contributed by atoms with Crippen LogP contribution in [0.1, 0.15) is 11.1 Å². The van der Waals surface area contributed by atoms with Crippen molar-refractivity contribution in [2.75, 3.05) is 31.5 Å². The molecule has 2 aromatic rings. The van der Waals surface area contributed by atoms with Crippen LogP contribution in [0.25, 0.3) is 0 Å². The largest absolute Gasteiger partial charge is 0.346 e. The number of thiocarbonyl (C=S) groups is 1. The number of sulfonamides is 1. The van der Waals surface area contributed by atoms with Crippen molar-refractivity contribution in [3.8, 4) is 0 Å². The third-order valence-electron chi connectivity index (χ3n) is 4.59. The molecule has 0 aliphatic carbocycles. The van der Waals surface area contributed by atoms with E-state index in [1.54, 1.807) is 24.3 Å². The van der Waals surface area contributed by atoms with E-state index in [-0.39, 0.29) is 5.82 Å². The minimum atomic E-state index is -3.54. The number of aryl methyl sites for hydroxylation is 2. The predicted molar refractivity (Wildman–Crippen MR) is 109 cm³/mol. The predicted octanol–water partition coefficient (Wildman–Crippen LogP) is 3.15. The Kier molecular flexibility index (Phi) is 5.78. The van der Waals surface area contributed by atoms with Gasteiger partial charge in [0.25, 0.3) is 0 Å². The molecule has 1 N–H and O–H groups in total. The normalized spacial score (nSPS) is 15.6. The van der Waals surface area contributed by atoms with E-state index in [0.717, 1.165) is 11.1 Å². The van der Waals surface area contributed by atoms with Gasteiger partial charge in [-0.2, -0.15) is 4.31 Å². The summed E-state index contributed by atoms with van der Waals surface area (Å²) in [5.41, 5.74) is 2.09. The van der Waals surface area contributed by atoms with E-state index in [0.29, 0.717) is 41.9 Å². The lowest BCUT2D eigenvalue weighted by Gasteiger charge is -2.35. The molecule has 27 heavy (non-hydrogen) atoms. The van der Waals surface area contributed by atoms with Gasteiger partial charge in [0.05, 0.1) is 10.6 Å². The zero-order valence-corrected chi connectivity index (χ0v) is 16.9. The van der Waals surface area contributed by atoms with Gasteiger partial charge in [-0.1, -0.05) is 29.8 Å². The van der Waals surface area contributed by atoms with Crippen LogP contribution in [0.3, 0.4) is 0 Å². The molecule has 2 aromatic carbocycles. The highest BCUT2D eigenvalue weighted by molar-refractivity contribution is 7.89. The number of nitrogens with zero attached hydrogens (tertiary/aromatic N) is 2. The van der Waals surface area contributed by atoms with E-state index in [4.69, 9.17) is 12.2 Å². The van der Waals surface area contributed by atoms with Crippen LogP contribution in [0.5, 0.6) is 0 Å². The van der Waals surface area contributed by atoms with Crippen LogP contribution in [0.4, 0.5) is 10.1 Å². The molecule has 0 spiro atoms. The van der Waals surface area contributed by atoms with Crippen LogP contribution in [-0.4, -0.2) is 48.9 Å². The molecule has 0 atom stereocenters. The van der Waals surface area contributed by atoms with Crippen LogP contribution in [0.15, 0.2) is 47.4 Å². The van der Waals surface area contributed by atoms with Crippen molar-refractivity contribution in [3.05, 3.63) is 59.4 Å². The zero-order chi connectivity index (χ0) is 19.6. The van der Waals surface area contributed by atoms with Crippen LogP contribution in [0, 0.1) is 19.7 Å². The average molecular weight is 408 g/mol. The summed E-state index contributed by atoms with van der Waals surface area (Å²) >= 11 is 5.36. The van der Waals surface area contributed by atoms with Gasteiger partial charge in [-0.05, 0) is 49.8 Å². The van der Waals surface area contributed by atoms with Gasteiger partial charge in [0.15, 0.2) is 5.11 Å². The Bertz CT molecular complexity index is 955. The summed E-state index contributed by atoms with van der Waals surface area (Å²) in [5, 5.41) is 3.29. The second-order valence-corrected chi connectivity index (χ2v) is 8.86. The summed E-state index contributed by atoms with van der Waals surface area (Å²) in [6.07, 6.45) is 0. The fourth-order valence-corrected chi connectivity index (χ4v) is 5.04. The Morgan fingerprint density at radius 1 is 1.07 bits per heavy atom. The summed E-state index contributed by atoms with van der Waals surface area (Å²) in [6.45, 7) is 5.30. The molecule has 1 saturated heterocycles. The molecule has 0 amide bonds. The first-order chi connectivity index (χ1) is 12.8. The minimum absolute atomic E-state index is 0.313. The Morgan fingerprint density at radius 2 is 1.74 bits per heavy atom. The zero-order valence-electron chi connectivity index (χ0n) is 15.3. The monoisotopic (exact) mass is 407 g/mol. The molecule has 0 saturated carbocycles. The molecule has 1 heterocycles. The first kappa shape index (κ1) is 19.7. The first-order valence-electron chi connectivity index (χ1n) is 8.67. The Morgan fingerprint density at radius 3 is 2.37 bits per heavy atom. The molecule has 3 rings (SSSR count). The highest BCUT2D eigenvalue weighted by Gasteiger charge is 2.30. The molecule has 8 heteroatoms. The summed E-state index contributed by atoms with van der Waals surface area (Å²) in [5.74, 6) is -0.379. The van der Waals surface area contributed by atoms with Crippen LogP contribution >= 0.6 is 12.2 Å². The van der Waals surface area contributed by atoms with Crippen molar-refractivity contribution in [3.63, 3.8) is 0 Å². The molecule has 1 aliphatic heterocycles. The van der Waals surface area contributed by atoms with E-state index in [1.165, 1.54) is 10.4 Å². The fraction of sp³-hybridized carbons (Fsp3) is 0.316. The van der Waals surface area contributed by atoms with E-state index in [2.05, 4.69) is 5.32 Å². The molecule has 0 aromatic heterocycles. The van der Waals surface area contributed by atoms with Crippen molar-refractivity contribution < 1.29 is 12.8 Å². The number of para-hydroxylation sites is 1. The molecule has 144 valence electrons. The molecule has 1 aliphatic rings. The van der Waals surface area contributed by atoms with Crippen molar-refractivity contribution in [2.24, 2.45) is 0 Å². The highest BCUT2D eigenvalue weighted by Crippen LogP contribution is 2.22. The number of benzene rings is 2. The van der Waals surface area contributed by atoms with Gasteiger partial charge >= 0.3 is 0 Å².